The third-order valence-electron chi connectivity index (χ3n) is 8.95. The Morgan fingerprint density at radius 2 is 1.49 bits per heavy atom. The van der Waals surface area contributed by atoms with Crippen LogP contribution in [0.15, 0.2) is 42.5 Å². The first-order valence-electron chi connectivity index (χ1n) is 16.0. The average Bonchev–Trinajstić information content (AvgIpc) is 3.45. The Hall–Kier alpha value is -4.12. The van der Waals surface area contributed by atoms with Crippen LogP contribution in [0.1, 0.15) is 102 Å². The number of nitrogens with one attached hydrogen (secondary N) is 2. The van der Waals surface area contributed by atoms with Crippen LogP contribution >= 0.6 is 11.5 Å². The van der Waals surface area contributed by atoms with Crippen molar-refractivity contribution < 1.29 is 23.9 Å². The molecule has 238 valence electrons. The molecule has 0 unspecified atom stereocenters. The molecule has 6 rings (SSSR count). The van der Waals surface area contributed by atoms with Crippen molar-refractivity contribution in [2.24, 2.45) is 0 Å². The van der Waals surface area contributed by atoms with Crippen LogP contribution in [0.5, 0.6) is 11.5 Å². The van der Waals surface area contributed by atoms with E-state index in [-0.39, 0.29) is 40.2 Å². The molecular formula is C34H41N5O5S. The van der Waals surface area contributed by atoms with E-state index in [0.29, 0.717) is 36.0 Å². The number of fused-ring (bicyclic) bond motifs is 1. The molecule has 10 nitrogen and oxygen atoms in total. The van der Waals surface area contributed by atoms with Crippen LogP contribution in [0.2, 0.25) is 0 Å². The maximum absolute atomic E-state index is 14.7. The average molecular weight is 632 g/mol. The van der Waals surface area contributed by atoms with Gasteiger partial charge in [0.25, 0.3) is 11.8 Å². The Balaban J connectivity index is 1.40. The molecule has 3 amide bonds. The maximum Gasteiger partial charge on any atom is 0.273 e. The van der Waals surface area contributed by atoms with Crippen LogP contribution in [0.3, 0.4) is 0 Å². The number of hydrogen-bond donors (Lipinski definition) is 3. The molecule has 1 aromatic heterocycles. The Kier molecular flexibility index (Phi) is 9.53. The van der Waals surface area contributed by atoms with Gasteiger partial charge in [-0.1, -0.05) is 68.4 Å². The first kappa shape index (κ1) is 30.9. The summed E-state index contributed by atoms with van der Waals surface area (Å²) in [4.78, 5) is 43.7. The number of aromatic nitrogens is 1. The standard InChI is InChI=1S/C34H41N5O5S/c1-21-12-14-22(15-13-21)30(33(41)37-24-10-6-3-7-11-24)39(25-16-17-26-27(20-25)44-19-18-43-26)34(42)31-28(35)29(38-45-31)32(40)36-23-8-4-2-5-9-23/h12-17,20,23-24,30H,2-11,18-19,35H2,1H3,(H,36,40)(H,37,41)/t30-/m1/s1. The van der Waals surface area contributed by atoms with Crippen LogP contribution in [0.25, 0.3) is 0 Å². The topological polar surface area (TPSA) is 136 Å². The molecule has 2 aromatic carbocycles. The van der Waals surface area contributed by atoms with Crippen molar-refractivity contribution in [1.29, 1.82) is 0 Å². The number of benzene rings is 2. The van der Waals surface area contributed by atoms with Gasteiger partial charge < -0.3 is 25.8 Å². The predicted molar refractivity (Wildman–Crippen MR) is 174 cm³/mol. The van der Waals surface area contributed by atoms with E-state index in [4.69, 9.17) is 15.2 Å². The highest BCUT2D eigenvalue weighted by Gasteiger charge is 2.38. The van der Waals surface area contributed by atoms with Gasteiger partial charge in [-0.2, -0.15) is 4.37 Å². The minimum Gasteiger partial charge on any atom is -0.486 e. The second kappa shape index (κ2) is 13.9. The molecule has 0 bridgehead atoms. The Morgan fingerprint density at radius 3 is 2.16 bits per heavy atom. The maximum atomic E-state index is 14.7. The number of nitrogens with two attached hydrogens (primary N) is 1. The van der Waals surface area contributed by atoms with Crippen molar-refractivity contribution in [3.05, 3.63) is 64.2 Å². The zero-order valence-electron chi connectivity index (χ0n) is 25.7. The van der Waals surface area contributed by atoms with E-state index in [0.717, 1.165) is 81.3 Å². The molecule has 0 radical (unpaired) electrons. The van der Waals surface area contributed by atoms with E-state index in [9.17, 15) is 14.4 Å². The number of rotatable bonds is 8. The molecule has 2 saturated carbocycles. The summed E-state index contributed by atoms with van der Waals surface area (Å²) in [5.74, 6) is -0.146. The summed E-state index contributed by atoms with van der Waals surface area (Å²) in [7, 11) is 0. The Labute approximate surface area is 267 Å². The molecule has 11 heteroatoms. The lowest BCUT2D eigenvalue weighted by Crippen LogP contribution is -2.47. The minimum absolute atomic E-state index is 0.0104. The SMILES string of the molecule is Cc1ccc([C@H](C(=O)NC2CCCCC2)N(C(=O)c2snc(C(=O)NC3CCCCC3)c2N)c2ccc3c(c2)OCCO3)cc1. The van der Waals surface area contributed by atoms with Gasteiger partial charge in [0, 0.05) is 23.8 Å². The highest BCUT2D eigenvalue weighted by Crippen LogP contribution is 2.39. The van der Waals surface area contributed by atoms with Gasteiger partial charge in [0.1, 0.15) is 24.1 Å². The highest BCUT2D eigenvalue weighted by molar-refractivity contribution is 7.09. The van der Waals surface area contributed by atoms with Crippen LogP contribution in [0, 0.1) is 6.92 Å². The third kappa shape index (κ3) is 6.93. The zero-order valence-corrected chi connectivity index (χ0v) is 26.5. The number of amides is 3. The quantitative estimate of drug-likeness (QED) is 0.290. The number of nitrogens with zero attached hydrogens (tertiary/aromatic N) is 2. The molecule has 1 atom stereocenters. The molecule has 3 aromatic rings. The van der Waals surface area contributed by atoms with Crippen molar-refractivity contribution in [3.8, 4) is 11.5 Å². The fraction of sp³-hybridized carbons (Fsp3) is 0.471. The van der Waals surface area contributed by atoms with E-state index in [1.165, 1.54) is 4.90 Å². The molecule has 0 spiro atoms. The van der Waals surface area contributed by atoms with Crippen molar-refractivity contribution >= 4 is 40.6 Å². The van der Waals surface area contributed by atoms with Gasteiger partial charge in [0.2, 0.25) is 5.91 Å². The summed E-state index contributed by atoms with van der Waals surface area (Å²) in [6, 6.07) is 11.9. The lowest BCUT2D eigenvalue weighted by molar-refractivity contribution is -0.123. The Morgan fingerprint density at radius 1 is 0.867 bits per heavy atom. The lowest BCUT2D eigenvalue weighted by atomic mass is 9.94. The van der Waals surface area contributed by atoms with Crippen molar-refractivity contribution in [3.63, 3.8) is 0 Å². The van der Waals surface area contributed by atoms with Crippen molar-refractivity contribution in [2.75, 3.05) is 23.8 Å². The summed E-state index contributed by atoms with van der Waals surface area (Å²) in [5.41, 5.74) is 8.68. The molecule has 1 aliphatic heterocycles. The second-order valence-corrected chi connectivity index (χ2v) is 13.0. The van der Waals surface area contributed by atoms with Gasteiger partial charge in [-0.3, -0.25) is 19.3 Å². The lowest BCUT2D eigenvalue weighted by Gasteiger charge is -2.34. The van der Waals surface area contributed by atoms with Gasteiger partial charge in [-0.25, -0.2) is 0 Å². The largest absolute Gasteiger partial charge is 0.486 e. The number of carbonyl (C=O) groups is 3. The summed E-state index contributed by atoms with van der Waals surface area (Å²) in [6.07, 6.45) is 10.2. The van der Waals surface area contributed by atoms with E-state index in [2.05, 4.69) is 15.0 Å². The van der Waals surface area contributed by atoms with Gasteiger partial charge in [-0.15, -0.1) is 0 Å². The first-order valence-corrected chi connectivity index (χ1v) is 16.8. The van der Waals surface area contributed by atoms with Gasteiger partial charge in [0.05, 0.1) is 5.69 Å². The van der Waals surface area contributed by atoms with Crippen LogP contribution in [-0.2, 0) is 4.79 Å². The summed E-state index contributed by atoms with van der Waals surface area (Å²) < 4.78 is 15.9. The minimum atomic E-state index is -1.02. The molecule has 45 heavy (non-hydrogen) atoms. The van der Waals surface area contributed by atoms with Gasteiger partial charge in [-0.05, 0) is 61.8 Å². The molecule has 3 aliphatic rings. The van der Waals surface area contributed by atoms with E-state index >= 15 is 0 Å². The van der Waals surface area contributed by atoms with E-state index < -0.39 is 11.9 Å². The number of carbonyl (C=O) groups excluding carboxylic acids is 3. The van der Waals surface area contributed by atoms with E-state index in [1.54, 1.807) is 18.2 Å². The normalized spacial score (nSPS) is 17.7. The Bertz CT molecular complexity index is 1530. The predicted octanol–water partition coefficient (Wildman–Crippen LogP) is 5.70. The first-order chi connectivity index (χ1) is 21.9. The summed E-state index contributed by atoms with van der Waals surface area (Å²) >= 11 is 0.874. The second-order valence-electron chi connectivity index (χ2n) is 12.2. The summed E-state index contributed by atoms with van der Waals surface area (Å²) in [5, 5.41) is 6.28. The molecule has 2 heterocycles. The summed E-state index contributed by atoms with van der Waals surface area (Å²) in [6.45, 7) is 2.77. The van der Waals surface area contributed by atoms with E-state index in [1.807, 2.05) is 31.2 Å². The molecule has 4 N–H and O–H groups in total. The highest BCUT2D eigenvalue weighted by atomic mass is 32.1. The number of hydrogen-bond acceptors (Lipinski definition) is 8. The smallest absolute Gasteiger partial charge is 0.273 e. The fourth-order valence-corrected chi connectivity index (χ4v) is 7.22. The molecular weight excluding hydrogens is 590 g/mol. The third-order valence-corrected chi connectivity index (χ3v) is 9.80. The van der Waals surface area contributed by atoms with Crippen LogP contribution < -0.4 is 30.7 Å². The van der Waals surface area contributed by atoms with Crippen molar-refractivity contribution in [2.45, 2.75) is 89.3 Å². The van der Waals surface area contributed by atoms with Gasteiger partial charge in [0.15, 0.2) is 17.2 Å². The monoisotopic (exact) mass is 631 g/mol. The van der Waals surface area contributed by atoms with Crippen LogP contribution in [-0.4, -0.2) is 47.4 Å². The van der Waals surface area contributed by atoms with Gasteiger partial charge >= 0.3 is 0 Å². The molecule has 0 saturated heterocycles. The number of nitrogen functional groups attached to an aromatic ring is 1. The van der Waals surface area contributed by atoms with Crippen LogP contribution in [0.4, 0.5) is 11.4 Å². The molecule has 2 fully saturated rings. The fourth-order valence-electron chi connectivity index (χ4n) is 6.48. The molecule has 2 aliphatic carbocycles. The number of ether oxygens (including phenoxy) is 2. The van der Waals surface area contributed by atoms with Crippen molar-refractivity contribution in [1.82, 2.24) is 15.0 Å². The number of anilines is 2. The number of aryl methyl sites for hydroxylation is 1. The zero-order chi connectivity index (χ0) is 31.3.